The van der Waals surface area contributed by atoms with Crippen LogP contribution in [0, 0.1) is 0 Å². The molecule has 104 valence electrons. The quantitative estimate of drug-likeness (QED) is 0.853. The van der Waals surface area contributed by atoms with E-state index in [1.807, 2.05) is 19.1 Å². The number of aromatic nitrogens is 1. The topological polar surface area (TPSA) is 68.0 Å². The number of nitrogens with zero attached hydrogens (tertiary/aromatic N) is 1. The average molecular weight is 310 g/mol. The van der Waals surface area contributed by atoms with Crippen molar-refractivity contribution < 1.29 is 4.79 Å². The smallest absolute Gasteiger partial charge is 0.251 e. The van der Waals surface area contributed by atoms with Crippen LogP contribution in [0.15, 0.2) is 36.7 Å². The first-order valence-electron chi connectivity index (χ1n) is 5.94. The molecular weight excluding hydrogens is 297 g/mol. The molecule has 1 atom stereocenters. The summed E-state index contributed by atoms with van der Waals surface area (Å²) in [6.07, 6.45) is 3.38. The Balaban J connectivity index is 2.17. The zero-order chi connectivity index (χ0) is 14.7. The Bertz CT molecular complexity index is 609. The third kappa shape index (κ3) is 3.21. The second kappa shape index (κ2) is 6.11. The molecule has 2 aromatic rings. The van der Waals surface area contributed by atoms with Crippen LogP contribution in [-0.2, 0) is 0 Å². The first kappa shape index (κ1) is 14.6. The van der Waals surface area contributed by atoms with Crippen molar-refractivity contribution in [3.63, 3.8) is 0 Å². The van der Waals surface area contributed by atoms with Crippen molar-refractivity contribution in [2.75, 3.05) is 5.73 Å². The van der Waals surface area contributed by atoms with E-state index in [0.29, 0.717) is 5.56 Å². The minimum absolute atomic E-state index is 0.175. The highest BCUT2D eigenvalue weighted by molar-refractivity contribution is 6.39. The van der Waals surface area contributed by atoms with E-state index < -0.39 is 0 Å². The number of pyridine rings is 1. The summed E-state index contributed by atoms with van der Waals surface area (Å²) in [4.78, 5) is 16.2. The Kier molecular flexibility index (Phi) is 4.47. The predicted octanol–water partition coefficient (Wildman–Crippen LogP) is 3.46. The minimum atomic E-state index is -0.273. The summed E-state index contributed by atoms with van der Waals surface area (Å²) in [5.74, 6) is -0.273. The van der Waals surface area contributed by atoms with E-state index in [9.17, 15) is 4.79 Å². The molecule has 1 amide bonds. The fraction of sp³-hybridized carbons (Fsp3) is 0.143. The van der Waals surface area contributed by atoms with E-state index in [1.54, 1.807) is 12.4 Å². The van der Waals surface area contributed by atoms with Gasteiger partial charge < -0.3 is 11.1 Å². The average Bonchev–Trinajstić information content (AvgIpc) is 2.45. The molecule has 0 radical (unpaired) electrons. The highest BCUT2D eigenvalue weighted by Gasteiger charge is 2.14. The molecule has 0 unspecified atom stereocenters. The SMILES string of the molecule is C[C@H](NC(=O)c1cc(Cl)c(N)c(Cl)c1)c1cccnc1. The molecular formula is C14H13Cl2N3O. The largest absolute Gasteiger partial charge is 0.396 e. The molecule has 6 heteroatoms. The van der Waals surface area contributed by atoms with Crippen LogP contribution in [0.2, 0.25) is 10.0 Å². The van der Waals surface area contributed by atoms with E-state index in [-0.39, 0.29) is 27.7 Å². The maximum Gasteiger partial charge on any atom is 0.251 e. The predicted molar refractivity (Wildman–Crippen MR) is 81.0 cm³/mol. The Morgan fingerprint density at radius 2 is 2.00 bits per heavy atom. The number of rotatable bonds is 3. The van der Waals surface area contributed by atoms with Crippen LogP contribution in [-0.4, -0.2) is 10.9 Å². The van der Waals surface area contributed by atoms with Crippen molar-refractivity contribution in [3.05, 3.63) is 57.8 Å². The van der Waals surface area contributed by atoms with Crippen molar-refractivity contribution in [3.8, 4) is 0 Å². The summed E-state index contributed by atoms with van der Waals surface area (Å²) in [5, 5.41) is 3.37. The Hall–Kier alpha value is -1.78. The summed E-state index contributed by atoms with van der Waals surface area (Å²) in [5.41, 5.74) is 7.18. The number of nitrogens with one attached hydrogen (secondary N) is 1. The number of nitrogens with two attached hydrogens (primary N) is 1. The van der Waals surface area contributed by atoms with E-state index in [4.69, 9.17) is 28.9 Å². The summed E-state index contributed by atoms with van der Waals surface area (Å²) >= 11 is 11.8. The van der Waals surface area contributed by atoms with Crippen LogP contribution >= 0.6 is 23.2 Å². The lowest BCUT2D eigenvalue weighted by molar-refractivity contribution is 0.0940. The van der Waals surface area contributed by atoms with Gasteiger partial charge in [0.05, 0.1) is 21.8 Å². The van der Waals surface area contributed by atoms with Crippen LogP contribution in [0.4, 0.5) is 5.69 Å². The fourth-order valence-corrected chi connectivity index (χ4v) is 2.20. The molecule has 3 N–H and O–H groups in total. The lowest BCUT2D eigenvalue weighted by Crippen LogP contribution is -2.26. The molecule has 0 aliphatic carbocycles. The maximum absolute atomic E-state index is 12.2. The van der Waals surface area contributed by atoms with Crippen molar-refractivity contribution in [2.24, 2.45) is 0 Å². The zero-order valence-electron chi connectivity index (χ0n) is 10.7. The van der Waals surface area contributed by atoms with Gasteiger partial charge in [0.1, 0.15) is 0 Å². The van der Waals surface area contributed by atoms with Gasteiger partial charge in [0.2, 0.25) is 0 Å². The third-order valence-corrected chi connectivity index (χ3v) is 3.50. The molecule has 4 nitrogen and oxygen atoms in total. The highest BCUT2D eigenvalue weighted by Crippen LogP contribution is 2.29. The number of amides is 1. The molecule has 20 heavy (non-hydrogen) atoms. The normalized spacial score (nSPS) is 11.9. The van der Waals surface area contributed by atoms with Gasteiger partial charge in [-0.05, 0) is 30.7 Å². The Morgan fingerprint density at radius 1 is 1.35 bits per heavy atom. The second-order valence-electron chi connectivity index (χ2n) is 4.34. The number of nitrogen functional groups attached to an aromatic ring is 1. The van der Waals surface area contributed by atoms with Gasteiger partial charge in [-0.25, -0.2) is 0 Å². The molecule has 0 bridgehead atoms. The lowest BCUT2D eigenvalue weighted by atomic mass is 10.1. The summed E-state index contributed by atoms with van der Waals surface area (Å²) in [6.45, 7) is 1.87. The number of benzene rings is 1. The van der Waals surface area contributed by atoms with Crippen LogP contribution in [0.5, 0.6) is 0 Å². The minimum Gasteiger partial charge on any atom is -0.396 e. The first-order valence-corrected chi connectivity index (χ1v) is 6.70. The van der Waals surface area contributed by atoms with Crippen molar-refractivity contribution in [2.45, 2.75) is 13.0 Å². The van der Waals surface area contributed by atoms with Crippen molar-refractivity contribution in [1.29, 1.82) is 0 Å². The molecule has 0 aliphatic heterocycles. The molecule has 1 aromatic carbocycles. The summed E-state index contributed by atoms with van der Waals surface area (Å²) in [7, 11) is 0. The van der Waals surface area contributed by atoms with Gasteiger partial charge in [0.15, 0.2) is 0 Å². The van der Waals surface area contributed by atoms with Gasteiger partial charge in [0, 0.05) is 18.0 Å². The van der Waals surface area contributed by atoms with E-state index in [1.165, 1.54) is 12.1 Å². The van der Waals surface area contributed by atoms with Crippen LogP contribution in [0.3, 0.4) is 0 Å². The molecule has 0 saturated heterocycles. The van der Waals surface area contributed by atoms with Gasteiger partial charge in [0.25, 0.3) is 5.91 Å². The van der Waals surface area contributed by atoms with Crippen molar-refractivity contribution in [1.82, 2.24) is 10.3 Å². The van der Waals surface area contributed by atoms with Gasteiger partial charge >= 0.3 is 0 Å². The number of hydrogen-bond donors (Lipinski definition) is 2. The third-order valence-electron chi connectivity index (χ3n) is 2.87. The fourth-order valence-electron chi connectivity index (χ4n) is 1.71. The number of hydrogen-bond acceptors (Lipinski definition) is 3. The molecule has 0 spiro atoms. The maximum atomic E-state index is 12.2. The number of carbonyl (C=O) groups excluding carboxylic acids is 1. The standard InChI is InChI=1S/C14H13Cl2N3O/c1-8(9-3-2-4-18-7-9)19-14(20)10-5-11(15)13(17)12(16)6-10/h2-8H,17H2,1H3,(H,19,20)/t8-/m0/s1. The first-order chi connectivity index (χ1) is 9.49. The van der Waals surface area contributed by atoms with Crippen molar-refractivity contribution >= 4 is 34.8 Å². The lowest BCUT2D eigenvalue weighted by Gasteiger charge is -2.14. The van der Waals surface area contributed by atoms with Gasteiger partial charge in [-0.2, -0.15) is 0 Å². The highest BCUT2D eigenvalue weighted by atomic mass is 35.5. The molecule has 1 aromatic heterocycles. The Labute approximate surface area is 126 Å². The number of halogens is 2. The molecule has 1 heterocycles. The molecule has 0 saturated carbocycles. The summed E-state index contributed by atoms with van der Waals surface area (Å²) in [6, 6.07) is 6.52. The molecule has 2 rings (SSSR count). The van der Waals surface area contributed by atoms with Gasteiger partial charge in [-0.15, -0.1) is 0 Å². The number of anilines is 1. The van der Waals surface area contributed by atoms with E-state index >= 15 is 0 Å². The molecule has 0 aliphatic rings. The molecule has 0 fully saturated rings. The van der Waals surface area contributed by atoms with E-state index in [2.05, 4.69) is 10.3 Å². The van der Waals surface area contributed by atoms with Crippen LogP contribution < -0.4 is 11.1 Å². The van der Waals surface area contributed by atoms with E-state index in [0.717, 1.165) is 5.56 Å². The second-order valence-corrected chi connectivity index (χ2v) is 5.15. The number of carbonyl (C=O) groups is 1. The zero-order valence-corrected chi connectivity index (χ0v) is 12.2. The van der Waals surface area contributed by atoms with Crippen LogP contribution in [0.1, 0.15) is 28.9 Å². The van der Waals surface area contributed by atoms with Crippen LogP contribution in [0.25, 0.3) is 0 Å². The summed E-state index contributed by atoms with van der Waals surface area (Å²) < 4.78 is 0. The monoisotopic (exact) mass is 309 g/mol. The van der Waals surface area contributed by atoms with Gasteiger partial charge in [-0.1, -0.05) is 29.3 Å². The Morgan fingerprint density at radius 3 is 2.55 bits per heavy atom. The van der Waals surface area contributed by atoms with Gasteiger partial charge in [-0.3, -0.25) is 9.78 Å².